The van der Waals surface area contributed by atoms with Gasteiger partial charge in [-0.15, -0.1) is 0 Å². The molecule has 0 radical (unpaired) electrons. The van der Waals surface area contributed by atoms with Crippen LogP contribution in [0.2, 0.25) is 0 Å². The maximum absolute atomic E-state index is 13.2. The average Bonchev–Trinajstić information content (AvgIpc) is 2.63. The number of hydrogen-bond acceptors (Lipinski definition) is 4. The standard InChI is InChI=1S/C19H22FN3O4S/c1-13-6-4-7-14(2)19(13)22-17(24)12-23(3)18(25)11-21-28(26,27)16-9-5-8-15(20)10-16/h4-10,21H,11-12H2,1-3H3,(H,22,24). The summed E-state index contributed by atoms with van der Waals surface area (Å²) in [5.74, 6) is -1.70. The molecule has 2 aromatic carbocycles. The summed E-state index contributed by atoms with van der Waals surface area (Å²) in [6.07, 6.45) is 0. The van der Waals surface area contributed by atoms with Crippen molar-refractivity contribution in [3.05, 3.63) is 59.4 Å². The van der Waals surface area contributed by atoms with Crippen LogP contribution in [0, 0.1) is 19.7 Å². The predicted octanol–water partition coefficient (Wildman–Crippen LogP) is 1.82. The lowest BCUT2D eigenvalue weighted by Crippen LogP contribution is -2.41. The van der Waals surface area contributed by atoms with Gasteiger partial charge < -0.3 is 10.2 Å². The van der Waals surface area contributed by atoms with Crippen molar-refractivity contribution in [3.8, 4) is 0 Å². The van der Waals surface area contributed by atoms with Crippen LogP contribution in [0.1, 0.15) is 11.1 Å². The molecule has 0 fully saturated rings. The van der Waals surface area contributed by atoms with E-state index in [9.17, 15) is 22.4 Å². The molecule has 0 aliphatic heterocycles. The molecule has 7 nitrogen and oxygen atoms in total. The third kappa shape index (κ3) is 5.61. The fourth-order valence-corrected chi connectivity index (χ4v) is 3.51. The second kappa shape index (κ2) is 8.94. The van der Waals surface area contributed by atoms with Crippen LogP contribution in [0.15, 0.2) is 47.4 Å². The highest BCUT2D eigenvalue weighted by Gasteiger charge is 2.19. The van der Waals surface area contributed by atoms with Crippen molar-refractivity contribution in [3.63, 3.8) is 0 Å². The lowest BCUT2D eigenvalue weighted by atomic mass is 10.1. The minimum atomic E-state index is -4.04. The number of para-hydroxylation sites is 1. The first-order valence-electron chi connectivity index (χ1n) is 8.45. The largest absolute Gasteiger partial charge is 0.335 e. The molecule has 0 unspecified atom stereocenters. The number of carbonyl (C=O) groups is 2. The molecule has 0 atom stereocenters. The van der Waals surface area contributed by atoms with E-state index in [1.54, 1.807) is 0 Å². The van der Waals surface area contributed by atoms with Gasteiger partial charge in [-0.05, 0) is 43.2 Å². The van der Waals surface area contributed by atoms with Crippen molar-refractivity contribution in [2.75, 3.05) is 25.5 Å². The summed E-state index contributed by atoms with van der Waals surface area (Å²) in [5.41, 5.74) is 2.47. The second-order valence-electron chi connectivity index (χ2n) is 6.35. The minimum absolute atomic E-state index is 0.242. The molecule has 0 bridgehead atoms. The van der Waals surface area contributed by atoms with Gasteiger partial charge in [-0.25, -0.2) is 17.5 Å². The smallest absolute Gasteiger partial charge is 0.243 e. The summed E-state index contributed by atoms with van der Waals surface area (Å²) in [6.45, 7) is 2.93. The SMILES string of the molecule is Cc1cccc(C)c1NC(=O)CN(C)C(=O)CNS(=O)(=O)c1cccc(F)c1. The zero-order chi connectivity index (χ0) is 20.9. The van der Waals surface area contributed by atoms with E-state index in [1.165, 1.54) is 19.2 Å². The highest BCUT2D eigenvalue weighted by molar-refractivity contribution is 7.89. The molecule has 9 heteroatoms. The number of nitrogens with zero attached hydrogens (tertiary/aromatic N) is 1. The highest BCUT2D eigenvalue weighted by atomic mass is 32.2. The second-order valence-corrected chi connectivity index (χ2v) is 8.11. The number of likely N-dealkylation sites (N-methyl/N-ethyl adjacent to an activating group) is 1. The van der Waals surface area contributed by atoms with Crippen molar-refractivity contribution < 1.29 is 22.4 Å². The van der Waals surface area contributed by atoms with Gasteiger partial charge in [-0.2, -0.15) is 0 Å². The van der Waals surface area contributed by atoms with Crippen molar-refractivity contribution in [1.82, 2.24) is 9.62 Å². The molecule has 0 aliphatic rings. The number of halogens is 1. The molecule has 0 saturated heterocycles. The number of benzene rings is 2. The maximum Gasteiger partial charge on any atom is 0.243 e. The Morgan fingerprint density at radius 3 is 2.29 bits per heavy atom. The van der Waals surface area contributed by atoms with Crippen molar-refractivity contribution in [2.24, 2.45) is 0 Å². The number of aryl methyl sites for hydroxylation is 2. The van der Waals surface area contributed by atoms with E-state index in [4.69, 9.17) is 0 Å². The Labute approximate surface area is 163 Å². The summed E-state index contributed by atoms with van der Waals surface area (Å²) in [4.78, 5) is 25.2. The molecule has 0 aliphatic carbocycles. The Hall–Kier alpha value is -2.78. The zero-order valence-corrected chi connectivity index (χ0v) is 16.6. The van der Waals surface area contributed by atoms with Crippen LogP contribution in [-0.4, -0.2) is 45.3 Å². The summed E-state index contributed by atoms with van der Waals surface area (Å²) >= 11 is 0. The van der Waals surface area contributed by atoms with E-state index >= 15 is 0 Å². The molecule has 2 N–H and O–H groups in total. The van der Waals surface area contributed by atoms with Gasteiger partial charge in [0.05, 0.1) is 18.0 Å². The minimum Gasteiger partial charge on any atom is -0.335 e. The fourth-order valence-electron chi connectivity index (χ4n) is 2.50. The van der Waals surface area contributed by atoms with Gasteiger partial charge in [0.25, 0.3) is 0 Å². The molecular formula is C19H22FN3O4S. The van der Waals surface area contributed by atoms with Gasteiger partial charge in [0.15, 0.2) is 0 Å². The van der Waals surface area contributed by atoms with Crippen LogP contribution in [-0.2, 0) is 19.6 Å². The molecule has 2 aromatic rings. The Balaban J connectivity index is 1.93. The third-order valence-electron chi connectivity index (χ3n) is 4.07. The number of sulfonamides is 1. The van der Waals surface area contributed by atoms with Crippen LogP contribution in [0.5, 0.6) is 0 Å². The van der Waals surface area contributed by atoms with Crippen LogP contribution < -0.4 is 10.0 Å². The molecule has 2 amide bonds. The average molecular weight is 407 g/mol. The lowest BCUT2D eigenvalue weighted by molar-refractivity contribution is -0.132. The van der Waals surface area contributed by atoms with Gasteiger partial charge in [0.2, 0.25) is 21.8 Å². The van der Waals surface area contributed by atoms with Crippen LogP contribution in [0.25, 0.3) is 0 Å². The topological polar surface area (TPSA) is 95.6 Å². The number of hydrogen-bond donors (Lipinski definition) is 2. The van der Waals surface area contributed by atoms with Gasteiger partial charge in [-0.3, -0.25) is 9.59 Å². The number of anilines is 1. The molecule has 0 spiro atoms. The summed E-state index contributed by atoms with van der Waals surface area (Å²) in [5, 5.41) is 2.76. The van der Waals surface area contributed by atoms with Crippen molar-refractivity contribution >= 4 is 27.5 Å². The van der Waals surface area contributed by atoms with E-state index in [-0.39, 0.29) is 11.4 Å². The summed E-state index contributed by atoms with van der Waals surface area (Å²) in [6, 6.07) is 10.0. The Kier molecular flexibility index (Phi) is 6.87. The quantitative estimate of drug-likeness (QED) is 0.732. The highest BCUT2D eigenvalue weighted by Crippen LogP contribution is 2.19. The molecule has 28 heavy (non-hydrogen) atoms. The lowest BCUT2D eigenvalue weighted by Gasteiger charge is -2.18. The van der Waals surface area contributed by atoms with E-state index in [0.717, 1.165) is 28.2 Å². The Morgan fingerprint density at radius 2 is 1.68 bits per heavy atom. The summed E-state index contributed by atoms with van der Waals surface area (Å²) in [7, 11) is -2.65. The maximum atomic E-state index is 13.2. The van der Waals surface area contributed by atoms with E-state index in [2.05, 4.69) is 10.0 Å². The van der Waals surface area contributed by atoms with E-state index in [0.29, 0.717) is 5.69 Å². The van der Waals surface area contributed by atoms with Crippen molar-refractivity contribution in [2.45, 2.75) is 18.7 Å². The van der Waals surface area contributed by atoms with Gasteiger partial charge in [0, 0.05) is 12.7 Å². The first-order valence-corrected chi connectivity index (χ1v) is 9.94. The Bertz CT molecular complexity index is 972. The molecule has 0 aromatic heterocycles. The third-order valence-corrected chi connectivity index (χ3v) is 5.47. The van der Waals surface area contributed by atoms with E-state index < -0.39 is 34.2 Å². The van der Waals surface area contributed by atoms with Crippen LogP contribution >= 0.6 is 0 Å². The first-order chi connectivity index (χ1) is 13.1. The normalized spacial score (nSPS) is 11.1. The molecule has 2 rings (SSSR count). The summed E-state index contributed by atoms with van der Waals surface area (Å²) < 4.78 is 39.5. The number of carbonyl (C=O) groups excluding carboxylic acids is 2. The van der Waals surface area contributed by atoms with Crippen molar-refractivity contribution in [1.29, 1.82) is 0 Å². The van der Waals surface area contributed by atoms with E-state index in [1.807, 2.05) is 32.0 Å². The zero-order valence-electron chi connectivity index (χ0n) is 15.8. The number of amides is 2. The first kappa shape index (κ1) is 21.5. The molecule has 0 saturated carbocycles. The monoisotopic (exact) mass is 407 g/mol. The fraction of sp³-hybridized carbons (Fsp3) is 0.263. The van der Waals surface area contributed by atoms with Crippen LogP contribution in [0.4, 0.5) is 10.1 Å². The number of rotatable bonds is 7. The molecular weight excluding hydrogens is 385 g/mol. The molecule has 150 valence electrons. The molecule has 0 heterocycles. The van der Waals surface area contributed by atoms with Gasteiger partial charge >= 0.3 is 0 Å². The predicted molar refractivity (Wildman–Crippen MR) is 104 cm³/mol. The van der Waals surface area contributed by atoms with Gasteiger partial charge in [-0.1, -0.05) is 24.3 Å². The number of nitrogens with one attached hydrogen (secondary N) is 2. The van der Waals surface area contributed by atoms with Gasteiger partial charge in [0.1, 0.15) is 5.82 Å². The van der Waals surface area contributed by atoms with Crippen LogP contribution in [0.3, 0.4) is 0 Å². The Morgan fingerprint density at radius 1 is 1.07 bits per heavy atom.